The largest absolute Gasteiger partial charge is 0.359 e. The molecule has 0 aliphatic rings. The van der Waals surface area contributed by atoms with Gasteiger partial charge in [0.1, 0.15) is 0 Å². The lowest BCUT2D eigenvalue weighted by molar-refractivity contribution is -0.120. The zero-order valence-electron chi connectivity index (χ0n) is 8.84. The third-order valence-electron chi connectivity index (χ3n) is 1.70. The van der Waals surface area contributed by atoms with E-state index < -0.39 is 0 Å². The fourth-order valence-electron chi connectivity index (χ4n) is 0.935. The third kappa shape index (κ3) is 9.61. The SMILES string of the molecule is C=CCSCCNCCCC(=O)NC. The Morgan fingerprint density at radius 3 is 2.93 bits per heavy atom. The quantitative estimate of drug-likeness (QED) is 0.447. The molecule has 0 heterocycles. The summed E-state index contributed by atoms with van der Waals surface area (Å²) in [7, 11) is 1.67. The first kappa shape index (κ1) is 13.5. The second-order valence-corrected chi connectivity index (χ2v) is 4.04. The molecule has 0 fully saturated rings. The molecule has 0 rings (SSSR count). The molecule has 0 aromatic heterocycles. The summed E-state index contributed by atoms with van der Waals surface area (Å²) >= 11 is 1.86. The van der Waals surface area contributed by atoms with E-state index >= 15 is 0 Å². The van der Waals surface area contributed by atoms with Crippen molar-refractivity contribution in [3.8, 4) is 0 Å². The predicted molar refractivity (Wildman–Crippen MR) is 63.7 cm³/mol. The first-order valence-electron chi connectivity index (χ1n) is 4.91. The van der Waals surface area contributed by atoms with Gasteiger partial charge in [0.15, 0.2) is 0 Å². The molecule has 14 heavy (non-hydrogen) atoms. The van der Waals surface area contributed by atoms with Crippen LogP contribution in [0.3, 0.4) is 0 Å². The maximum absolute atomic E-state index is 10.8. The molecule has 0 atom stereocenters. The Hall–Kier alpha value is -0.480. The summed E-state index contributed by atoms with van der Waals surface area (Å²) in [6, 6.07) is 0. The van der Waals surface area contributed by atoms with E-state index in [4.69, 9.17) is 0 Å². The van der Waals surface area contributed by atoms with Crippen molar-refractivity contribution in [3.05, 3.63) is 12.7 Å². The van der Waals surface area contributed by atoms with Crippen molar-refractivity contribution in [2.45, 2.75) is 12.8 Å². The van der Waals surface area contributed by atoms with Gasteiger partial charge in [0.05, 0.1) is 0 Å². The van der Waals surface area contributed by atoms with E-state index in [1.54, 1.807) is 7.05 Å². The van der Waals surface area contributed by atoms with Crippen LogP contribution in [-0.2, 0) is 4.79 Å². The zero-order chi connectivity index (χ0) is 10.6. The smallest absolute Gasteiger partial charge is 0.219 e. The van der Waals surface area contributed by atoms with Gasteiger partial charge in [0.25, 0.3) is 0 Å². The highest BCUT2D eigenvalue weighted by Crippen LogP contribution is 1.97. The molecular weight excluding hydrogens is 196 g/mol. The second kappa shape index (κ2) is 10.6. The molecule has 0 aromatic rings. The lowest BCUT2D eigenvalue weighted by Crippen LogP contribution is -2.22. The summed E-state index contributed by atoms with van der Waals surface area (Å²) in [5.41, 5.74) is 0. The molecule has 0 bridgehead atoms. The first-order valence-corrected chi connectivity index (χ1v) is 6.06. The van der Waals surface area contributed by atoms with Gasteiger partial charge in [-0.25, -0.2) is 0 Å². The van der Waals surface area contributed by atoms with Gasteiger partial charge in [0.2, 0.25) is 5.91 Å². The Morgan fingerprint density at radius 2 is 2.29 bits per heavy atom. The van der Waals surface area contributed by atoms with Crippen molar-refractivity contribution in [3.63, 3.8) is 0 Å². The number of hydrogen-bond donors (Lipinski definition) is 2. The standard InChI is InChI=1S/C10H20N2OS/c1-3-8-14-9-7-12-6-4-5-10(13)11-2/h3,12H,1,4-9H2,2H3,(H,11,13). The van der Waals surface area contributed by atoms with E-state index in [0.29, 0.717) is 6.42 Å². The minimum Gasteiger partial charge on any atom is -0.359 e. The van der Waals surface area contributed by atoms with Crippen LogP contribution in [0.15, 0.2) is 12.7 Å². The maximum atomic E-state index is 10.8. The van der Waals surface area contributed by atoms with Gasteiger partial charge in [-0.05, 0) is 13.0 Å². The summed E-state index contributed by atoms with van der Waals surface area (Å²) < 4.78 is 0. The minimum atomic E-state index is 0.118. The molecule has 0 aliphatic carbocycles. The highest BCUT2D eigenvalue weighted by Gasteiger charge is 1.95. The van der Waals surface area contributed by atoms with Crippen LogP contribution in [0.2, 0.25) is 0 Å². The molecule has 0 radical (unpaired) electrons. The van der Waals surface area contributed by atoms with Crippen LogP contribution in [0.1, 0.15) is 12.8 Å². The van der Waals surface area contributed by atoms with Crippen molar-refractivity contribution in [1.82, 2.24) is 10.6 Å². The molecule has 0 saturated carbocycles. The normalized spacial score (nSPS) is 9.79. The Balaban J connectivity index is 2.98. The molecule has 0 saturated heterocycles. The van der Waals surface area contributed by atoms with Gasteiger partial charge in [-0.3, -0.25) is 4.79 Å². The molecule has 0 aromatic carbocycles. The van der Waals surface area contributed by atoms with Crippen LogP contribution in [0.5, 0.6) is 0 Å². The van der Waals surface area contributed by atoms with Crippen LogP contribution in [0, 0.1) is 0 Å². The van der Waals surface area contributed by atoms with Crippen molar-refractivity contribution >= 4 is 17.7 Å². The van der Waals surface area contributed by atoms with Gasteiger partial charge in [-0.1, -0.05) is 6.08 Å². The molecule has 82 valence electrons. The Labute approximate surface area is 90.7 Å². The molecule has 0 spiro atoms. The average Bonchev–Trinajstić information content (AvgIpc) is 2.21. The van der Waals surface area contributed by atoms with Crippen LogP contribution >= 0.6 is 11.8 Å². The van der Waals surface area contributed by atoms with Crippen LogP contribution in [0.4, 0.5) is 0 Å². The Morgan fingerprint density at radius 1 is 1.50 bits per heavy atom. The van der Waals surface area contributed by atoms with Gasteiger partial charge >= 0.3 is 0 Å². The maximum Gasteiger partial charge on any atom is 0.219 e. The van der Waals surface area contributed by atoms with Crippen molar-refractivity contribution < 1.29 is 4.79 Å². The fourth-order valence-corrected chi connectivity index (χ4v) is 1.56. The highest BCUT2D eigenvalue weighted by atomic mass is 32.2. The number of nitrogens with one attached hydrogen (secondary N) is 2. The average molecular weight is 216 g/mol. The van der Waals surface area contributed by atoms with Gasteiger partial charge in [-0.15, -0.1) is 6.58 Å². The van der Waals surface area contributed by atoms with Gasteiger partial charge in [-0.2, -0.15) is 11.8 Å². The summed E-state index contributed by atoms with van der Waals surface area (Å²) in [5, 5.41) is 5.89. The molecular formula is C10H20N2OS. The van der Waals surface area contributed by atoms with Crippen molar-refractivity contribution in [2.24, 2.45) is 0 Å². The summed E-state index contributed by atoms with van der Waals surface area (Å²) in [5.74, 6) is 2.24. The Bertz CT molecular complexity index is 162. The van der Waals surface area contributed by atoms with E-state index in [-0.39, 0.29) is 5.91 Å². The molecule has 2 N–H and O–H groups in total. The Kier molecular flexibility index (Phi) is 10.2. The number of thioether (sulfide) groups is 1. The monoisotopic (exact) mass is 216 g/mol. The number of carbonyl (C=O) groups excluding carboxylic acids is 1. The lowest BCUT2D eigenvalue weighted by atomic mass is 10.3. The van der Waals surface area contributed by atoms with E-state index in [9.17, 15) is 4.79 Å². The molecule has 0 unspecified atom stereocenters. The van der Waals surface area contributed by atoms with Gasteiger partial charge < -0.3 is 10.6 Å². The number of rotatable bonds is 9. The number of hydrogen-bond acceptors (Lipinski definition) is 3. The predicted octanol–water partition coefficient (Wildman–Crippen LogP) is 1.02. The number of amides is 1. The van der Waals surface area contributed by atoms with E-state index in [1.807, 2.05) is 17.8 Å². The van der Waals surface area contributed by atoms with E-state index in [0.717, 1.165) is 31.0 Å². The fraction of sp³-hybridized carbons (Fsp3) is 0.700. The van der Waals surface area contributed by atoms with E-state index in [2.05, 4.69) is 17.2 Å². The lowest BCUT2D eigenvalue weighted by Gasteiger charge is -2.03. The molecule has 4 heteroatoms. The van der Waals surface area contributed by atoms with Gasteiger partial charge in [0, 0.05) is 31.5 Å². The molecule has 1 amide bonds. The summed E-state index contributed by atoms with van der Waals surface area (Å²) in [6.45, 7) is 5.58. The summed E-state index contributed by atoms with van der Waals surface area (Å²) in [4.78, 5) is 10.8. The van der Waals surface area contributed by atoms with Crippen molar-refractivity contribution in [2.75, 3.05) is 31.6 Å². The third-order valence-corrected chi connectivity index (χ3v) is 2.66. The van der Waals surface area contributed by atoms with Crippen LogP contribution in [0.25, 0.3) is 0 Å². The summed E-state index contributed by atoms with van der Waals surface area (Å²) in [6.07, 6.45) is 3.44. The molecule has 3 nitrogen and oxygen atoms in total. The minimum absolute atomic E-state index is 0.118. The van der Waals surface area contributed by atoms with Crippen LogP contribution in [-0.4, -0.2) is 37.6 Å². The highest BCUT2D eigenvalue weighted by molar-refractivity contribution is 7.99. The van der Waals surface area contributed by atoms with E-state index in [1.165, 1.54) is 0 Å². The zero-order valence-corrected chi connectivity index (χ0v) is 9.66. The first-order chi connectivity index (χ1) is 6.81. The number of carbonyl (C=O) groups is 1. The topological polar surface area (TPSA) is 41.1 Å². The van der Waals surface area contributed by atoms with Crippen LogP contribution < -0.4 is 10.6 Å². The molecule has 0 aliphatic heterocycles. The van der Waals surface area contributed by atoms with Crippen molar-refractivity contribution in [1.29, 1.82) is 0 Å². The second-order valence-electron chi connectivity index (χ2n) is 2.89.